The molecule has 0 amide bonds. The van der Waals surface area contributed by atoms with Crippen LogP contribution in [0.1, 0.15) is 21.5 Å². The molecule has 66 valence electrons. The van der Waals surface area contributed by atoms with Crippen LogP contribution in [0.4, 0.5) is 0 Å². The number of carbonyl (C=O) groups is 1. The molecule has 13 heavy (non-hydrogen) atoms. The minimum absolute atomic E-state index is 0.408. The SMILES string of the molecule is COC(=O)c1cccc(C#N)c1C. The zero-order valence-corrected chi connectivity index (χ0v) is 7.50. The molecule has 0 aliphatic rings. The maximum Gasteiger partial charge on any atom is 0.338 e. The molecule has 0 heterocycles. The fraction of sp³-hybridized carbons (Fsp3) is 0.200. The number of nitrogens with zero attached hydrogens (tertiary/aromatic N) is 1. The van der Waals surface area contributed by atoms with Crippen LogP contribution in [0.15, 0.2) is 18.2 Å². The standard InChI is InChI=1S/C10H9NO2/c1-7-8(6-11)4-3-5-9(7)10(12)13-2/h3-5H,1-2H3. The first-order chi connectivity index (χ1) is 6.20. The van der Waals surface area contributed by atoms with Crippen molar-refractivity contribution in [2.75, 3.05) is 7.11 Å². The molecule has 0 aliphatic carbocycles. The minimum Gasteiger partial charge on any atom is -0.465 e. The molecule has 0 spiro atoms. The molecule has 3 nitrogen and oxygen atoms in total. The molecular formula is C10H9NO2. The Kier molecular flexibility index (Phi) is 2.65. The normalized spacial score (nSPS) is 9.00. The Morgan fingerprint density at radius 3 is 2.77 bits per heavy atom. The molecule has 1 rings (SSSR count). The Hall–Kier alpha value is -1.82. The van der Waals surface area contributed by atoms with Gasteiger partial charge >= 0.3 is 5.97 Å². The molecule has 0 aromatic heterocycles. The van der Waals surface area contributed by atoms with E-state index in [1.807, 2.05) is 6.07 Å². The third-order valence-electron chi connectivity index (χ3n) is 1.86. The monoisotopic (exact) mass is 175 g/mol. The van der Waals surface area contributed by atoms with Gasteiger partial charge in [0.15, 0.2) is 0 Å². The first kappa shape index (κ1) is 9.27. The second-order valence-corrected chi connectivity index (χ2v) is 2.58. The van der Waals surface area contributed by atoms with Gasteiger partial charge in [-0.2, -0.15) is 5.26 Å². The lowest BCUT2D eigenvalue weighted by Crippen LogP contribution is -2.04. The first-order valence-electron chi connectivity index (χ1n) is 3.78. The molecule has 0 radical (unpaired) electrons. The summed E-state index contributed by atoms with van der Waals surface area (Å²) in [6, 6.07) is 6.98. The minimum atomic E-state index is -0.408. The molecule has 0 saturated heterocycles. The Labute approximate surface area is 76.6 Å². The number of rotatable bonds is 1. The van der Waals surface area contributed by atoms with Gasteiger partial charge in [0.25, 0.3) is 0 Å². The molecule has 0 bridgehead atoms. The van der Waals surface area contributed by atoms with Crippen molar-refractivity contribution >= 4 is 5.97 Å². The topological polar surface area (TPSA) is 50.1 Å². The zero-order chi connectivity index (χ0) is 9.84. The fourth-order valence-electron chi connectivity index (χ4n) is 1.09. The second-order valence-electron chi connectivity index (χ2n) is 2.58. The van der Waals surface area contributed by atoms with Crippen molar-refractivity contribution in [2.45, 2.75) is 6.92 Å². The molecule has 0 fully saturated rings. The lowest BCUT2D eigenvalue weighted by Gasteiger charge is -2.03. The van der Waals surface area contributed by atoms with E-state index in [0.29, 0.717) is 16.7 Å². The Morgan fingerprint density at radius 1 is 1.54 bits per heavy atom. The number of ether oxygens (including phenoxy) is 1. The summed E-state index contributed by atoms with van der Waals surface area (Å²) in [6.45, 7) is 1.73. The van der Waals surface area contributed by atoms with Crippen LogP contribution in [0.3, 0.4) is 0 Å². The smallest absolute Gasteiger partial charge is 0.338 e. The number of benzene rings is 1. The molecule has 0 saturated carbocycles. The van der Waals surface area contributed by atoms with Gasteiger partial charge in [0, 0.05) is 0 Å². The molecule has 0 atom stereocenters. The van der Waals surface area contributed by atoms with E-state index in [-0.39, 0.29) is 0 Å². The Morgan fingerprint density at radius 2 is 2.23 bits per heavy atom. The highest BCUT2D eigenvalue weighted by Gasteiger charge is 2.10. The number of carbonyl (C=O) groups excluding carboxylic acids is 1. The van der Waals surface area contributed by atoms with E-state index < -0.39 is 5.97 Å². The van der Waals surface area contributed by atoms with Crippen LogP contribution in [0.25, 0.3) is 0 Å². The Bertz CT molecular complexity index is 377. The summed E-state index contributed by atoms with van der Waals surface area (Å²) >= 11 is 0. The average Bonchev–Trinajstić information content (AvgIpc) is 2.17. The summed E-state index contributed by atoms with van der Waals surface area (Å²) in [6.07, 6.45) is 0. The maximum atomic E-state index is 11.2. The van der Waals surface area contributed by atoms with E-state index >= 15 is 0 Å². The largest absolute Gasteiger partial charge is 0.465 e. The van der Waals surface area contributed by atoms with Crippen LogP contribution in [-0.4, -0.2) is 13.1 Å². The third kappa shape index (κ3) is 1.67. The van der Waals surface area contributed by atoms with Gasteiger partial charge < -0.3 is 4.74 Å². The van der Waals surface area contributed by atoms with E-state index in [4.69, 9.17) is 5.26 Å². The number of hydrogen-bond donors (Lipinski definition) is 0. The van der Waals surface area contributed by atoms with Crippen molar-refractivity contribution < 1.29 is 9.53 Å². The summed E-state index contributed by atoms with van der Waals surface area (Å²) in [4.78, 5) is 11.2. The van der Waals surface area contributed by atoms with Crippen molar-refractivity contribution in [1.29, 1.82) is 5.26 Å². The predicted molar refractivity (Wildman–Crippen MR) is 47.2 cm³/mol. The summed E-state index contributed by atoms with van der Waals surface area (Å²) in [5.74, 6) is -0.408. The highest BCUT2D eigenvalue weighted by Crippen LogP contribution is 2.13. The van der Waals surface area contributed by atoms with Crippen LogP contribution >= 0.6 is 0 Å². The lowest BCUT2D eigenvalue weighted by molar-refractivity contribution is 0.0600. The van der Waals surface area contributed by atoms with Crippen LogP contribution in [0.2, 0.25) is 0 Å². The van der Waals surface area contributed by atoms with Gasteiger partial charge in [-0.05, 0) is 24.6 Å². The highest BCUT2D eigenvalue weighted by atomic mass is 16.5. The van der Waals surface area contributed by atoms with Crippen LogP contribution in [0, 0.1) is 18.3 Å². The number of methoxy groups -OCH3 is 1. The second kappa shape index (κ2) is 3.72. The molecule has 1 aromatic rings. The van der Waals surface area contributed by atoms with Crippen molar-refractivity contribution in [2.24, 2.45) is 0 Å². The summed E-state index contributed by atoms with van der Waals surface area (Å²) in [5, 5.41) is 8.70. The van der Waals surface area contributed by atoms with E-state index in [1.165, 1.54) is 7.11 Å². The number of nitriles is 1. The molecule has 0 N–H and O–H groups in total. The van der Waals surface area contributed by atoms with Crippen molar-refractivity contribution in [3.05, 3.63) is 34.9 Å². The zero-order valence-electron chi connectivity index (χ0n) is 7.50. The average molecular weight is 175 g/mol. The van der Waals surface area contributed by atoms with Gasteiger partial charge in [0.1, 0.15) is 0 Å². The molecular weight excluding hydrogens is 166 g/mol. The van der Waals surface area contributed by atoms with E-state index in [9.17, 15) is 4.79 Å². The van der Waals surface area contributed by atoms with E-state index in [1.54, 1.807) is 25.1 Å². The van der Waals surface area contributed by atoms with Crippen molar-refractivity contribution in [3.63, 3.8) is 0 Å². The van der Waals surface area contributed by atoms with E-state index in [0.717, 1.165) is 0 Å². The number of hydrogen-bond acceptors (Lipinski definition) is 3. The molecule has 0 unspecified atom stereocenters. The van der Waals surface area contributed by atoms with Gasteiger partial charge in [-0.25, -0.2) is 4.79 Å². The van der Waals surface area contributed by atoms with Gasteiger partial charge in [-0.1, -0.05) is 6.07 Å². The van der Waals surface area contributed by atoms with Crippen LogP contribution < -0.4 is 0 Å². The summed E-state index contributed by atoms with van der Waals surface area (Å²) in [5.41, 5.74) is 1.61. The van der Waals surface area contributed by atoms with Gasteiger partial charge in [-0.3, -0.25) is 0 Å². The lowest BCUT2D eigenvalue weighted by atomic mass is 10.0. The first-order valence-corrected chi connectivity index (χ1v) is 3.78. The van der Waals surface area contributed by atoms with Crippen molar-refractivity contribution in [3.8, 4) is 6.07 Å². The number of esters is 1. The Balaban J connectivity index is 3.25. The predicted octanol–water partition coefficient (Wildman–Crippen LogP) is 1.65. The fourth-order valence-corrected chi connectivity index (χ4v) is 1.09. The third-order valence-corrected chi connectivity index (χ3v) is 1.86. The molecule has 0 aliphatic heterocycles. The summed E-state index contributed by atoms with van der Waals surface area (Å²) in [7, 11) is 1.32. The highest BCUT2D eigenvalue weighted by molar-refractivity contribution is 5.91. The van der Waals surface area contributed by atoms with Crippen molar-refractivity contribution in [1.82, 2.24) is 0 Å². The van der Waals surface area contributed by atoms with Gasteiger partial charge in [0.05, 0.1) is 24.3 Å². The van der Waals surface area contributed by atoms with Gasteiger partial charge in [-0.15, -0.1) is 0 Å². The van der Waals surface area contributed by atoms with Crippen LogP contribution in [-0.2, 0) is 4.74 Å². The molecule has 1 aromatic carbocycles. The summed E-state index contributed by atoms with van der Waals surface area (Å²) < 4.78 is 4.57. The quantitative estimate of drug-likeness (QED) is 0.610. The molecule has 3 heteroatoms. The van der Waals surface area contributed by atoms with Gasteiger partial charge in [0.2, 0.25) is 0 Å². The van der Waals surface area contributed by atoms with Crippen LogP contribution in [0.5, 0.6) is 0 Å². The maximum absolute atomic E-state index is 11.2. The van der Waals surface area contributed by atoms with E-state index in [2.05, 4.69) is 4.74 Å².